The van der Waals surface area contributed by atoms with Gasteiger partial charge in [-0.15, -0.1) is 0 Å². The third-order valence-corrected chi connectivity index (χ3v) is 3.88. The zero-order chi connectivity index (χ0) is 13.2. The van der Waals surface area contributed by atoms with E-state index in [-0.39, 0.29) is 4.75 Å². The molecule has 1 aromatic carbocycles. The second-order valence-electron chi connectivity index (χ2n) is 5.41. The number of nitrogens with zero attached hydrogens (tertiary/aromatic N) is 1. The van der Waals surface area contributed by atoms with Crippen LogP contribution in [0.5, 0.6) is 0 Å². The molecule has 2 nitrogen and oxygen atoms in total. The average molecular weight is 251 g/mol. The van der Waals surface area contributed by atoms with Crippen LogP contribution in [0.15, 0.2) is 16.5 Å². The Morgan fingerprint density at radius 1 is 1.12 bits per heavy atom. The van der Waals surface area contributed by atoms with Crippen LogP contribution in [-0.2, 0) is 11.0 Å². The third kappa shape index (κ3) is 3.77. The molecule has 0 N–H and O–H groups in total. The highest BCUT2D eigenvalue weighted by Crippen LogP contribution is 2.16. The second kappa shape index (κ2) is 5.13. The van der Waals surface area contributed by atoms with E-state index in [4.69, 9.17) is 0 Å². The molecule has 0 aliphatic carbocycles. The molecule has 0 aromatic heterocycles. The molecule has 0 spiro atoms. The molecule has 3 heteroatoms. The Labute approximate surface area is 107 Å². The Morgan fingerprint density at radius 3 is 2.00 bits per heavy atom. The van der Waals surface area contributed by atoms with E-state index >= 15 is 0 Å². The van der Waals surface area contributed by atoms with Crippen LogP contribution in [0.25, 0.3) is 0 Å². The summed E-state index contributed by atoms with van der Waals surface area (Å²) >= 11 is 0. The molecule has 0 heterocycles. The lowest BCUT2D eigenvalue weighted by molar-refractivity contribution is 0.651. The first-order valence-corrected chi connectivity index (χ1v) is 6.86. The maximum absolute atomic E-state index is 11.8. The Bertz CT molecular complexity index is 447. The summed E-state index contributed by atoms with van der Waals surface area (Å²) < 4.78 is 15.7. The largest absolute Gasteiger partial charge is 0.234 e. The first-order chi connectivity index (χ1) is 7.71. The lowest BCUT2D eigenvalue weighted by Gasteiger charge is -2.13. The highest BCUT2D eigenvalue weighted by molar-refractivity contribution is 7.85. The van der Waals surface area contributed by atoms with Crippen molar-refractivity contribution in [1.29, 1.82) is 0 Å². The monoisotopic (exact) mass is 251 g/mol. The number of aryl methyl sites for hydroxylation is 3. The van der Waals surface area contributed by atoms with Crippen LogP contribution in [0.3, 0.4) is 0 Å². The molecule has 1 aromatic rings. The summed E-state index contributed by atoms with van der Waals surface area (Å²) in [5.41, 5.74) is 4.68. The number of hydrogen-bond acceptors (Lipinski definition) is 1. The maximum atomic E-state index is 11.8. The van der Waals surface area contributed by atoms with Crippen molar-refractivity contribution in [2.75, 3.05) is 0 Å². The van der Waals surface area contributed by atoms with Crippen LogP contribution in [0.4, 0.5) is 0 Å². The zero-order valence-electron chi connectivity index (χ0n) is 11.5. The third-order valence-electron chi connectivity index (χ3n) is 2.54. The molecule has 17 heavy (non-hydrogen) atoms. The number of benzene rings is 1. The van der Waals surface area contributed by atoms with E-state index in [1.54, 1.807) is 6.21 Å². The Hall–Kier alpha value is -0.960. The van der Waals surface area contributed by atoms with Crippen LogP contribution in [0.1, 0.15) is 43.0 Å². The normalized spacial score (nSPS) is 14.2. The van der Waals surface area contributed by atoms with Gasteiger partial charge in [0.1, 0.15) is 11.0 Å². The van der Waals surface area contributed by atoms with Gasteiger partial charge in [-0.25, -0.2) is 4.21 Å². The van der Waals surface area contributed by atoms with E-state index in [9.17, 15) is 4.21 Å². The van der Waals surface area contributed by atoms with Gasteiger partial charge in [-0.1, -0.05) is 17.7 Å². The van der Waals surface area contributed by atoms with Gasteiger partial charge in [0.2, 0.25) is 0 Å². The van der Waals surface area contributed by atoms with Gasteiger partial charge in [0, 0.05) is 6.21 Å². The SMILES string of the molecule is Cc1cc(C)c(/C=N/[S@@](=O)C(C)(C)C)c(C)c1. The van der Waals surface area contributed by atoms with E-state index in [0.29, 0.717) is 0 Å². The molecule has 0 aliphatic rings. The van der Waals surface area contributed by atoms with E-state index in [2.05, 4.69) is 37.3 Å². The lowest BCUT2D eigenvalue weighted by Crippen LogP contribution is -2.19. The number of rotatable bonds is 2. The Balaban J connectivity index is 3.05. The van der Waals surface area contributed by atoms with Crippen LogP contribution >= 0.6 is 0 Å². The molecule has 94 valence electrons. The van der Waals surface area contributed by atoms with Crippen molar-refractivity contribution in [3.05, 3.63) is 34.4 Å². The van der Waals surface area contributed by atoms with Crippen LogP contribution in [-0.4, -0.2) is 15.2 Å². The first kappa shape index (κ1) is 14.1. The van der Waals surface area contributed by atoms with E-state index in [1.165, 1.54) is 16.7 Å². The summed E-state index contributed by atoms with van der Waals surface area (Å²) in [6.07, 6.45) is 1.74. The van der Waals surface area contributed by atoms with E-state index in [1.807, 2.05) is 20.8 Å². The summed E-state index contributed by atoms with van der Waals surface area (Å²) in [5, 5.41) is 0. The molecule has 1 rings (SSSR count). The standard InChI is InChI=1S/C14H21NOS/c1-10-7-11(2)13(12(3)8-10)9-15-17(16)14(4,5)6/h7-9H,1-6H3/b15-9+/t17-/m0/s1. The van der Waals surface area contributed by atoms with Gasteiger partial charge in [0.05, 0.1) is 4.75 Å². The maximum Gasteiger partial charge on any atom is 0.144 e. The molecule has 0 saturated carbocycles. The zero-order valence-corrected chi connectivity index (χ0v) is 12.3. The molecule has 0 radical (unpaired) electrons. The molecule has 0 bridgehead atoms. The van der Waals surface area contributed by atoms with Crippen molar-refractivity contribution in [2.24, 2.45) is 4.40 Å². The predicted octanol–water partition coefficient (Wildman–Crippen LogP) is 3.49. The summed E-state index contributed by atoms with van der Waals surface area (Å²) in [6.45, 7) is 12.0. The second-order valence-corrected chi connectivity index (χ2v) is 7.34. The average Bonchev–Trinajstić information content (AvgIpc) is 2.13. The molecule has 0 saturated heterocycles. The van der Waals surface area contributed by atoms with Gasteiger partial charge in [0.15, 0.2) is 0 Å². The van der Waals surface area contributed by atoms with Crippen LogP contribution in [0, 0.1) is 20.8 Å². The van der Waals surface area contributed by atoms with Crippen LogP contribution < -0.4 is 0 Å². The van der Waals surface area contributed by atoms with Gasteiger partial charge in [-0.2, -0.15) is 4.40 Å². The quantitative estimate of drug-likeness (QED) is 0.740. The van der Waals surface area contributed by atoms with Gasteiger partial charge in [-0.05, 0) is 58.2 Å². The fraction of sp³-hybridized carbons (Fsp3) is 0.500. The van der Waals surface area contributed by atoms with Crippen molar-refractivity contribution in [2.45, 2.75) is 46.3 Å². The molecule has 0 aliphatic heterocycles. The van der Waals surface area contributed by atoms with E-state index in [0.717, 1.165) is 5.56 Å². The molecule has 1 atom stereocenters. The molecule has 0 fully saturated rings. The van der Waals surface area contributed by atoms with Crippen molar-refractivity contribution in [1.82, 2.24) is 0 Å². The Morgan fingerprint density at radius 2 is 1.59 bits per heavy atom. The predicted molar refractivity (Wildman–Crippen MR) is 76.1 cm³/mol. The fourth-order valence-corrected chi connectivity index (χ4v) is 2.17. The lowest BCUT2D eigenvalue weighted by atomic mass is 10.0. The molecule has 0 unspecified atom stereocenters. The van der Waals surface area contributed by atoms with Gasteiger partial charge in [0.25, 0.3) is 0 Å². The van der Waals surface area contributed by atoms with Gasteiger partial charge >= 0.3 is 0 Å². The first-order valence-electron chi connectivity index (χ1n) is 5.75. The molecular formula is C14H21NOS. The van der Waals surface area contributed by atoms with Crippen LogP contribution in [0.2, 0.25) is 0 Å². The van der Waals surface area contributed by atoms with Crippen molar-refractivity contribution in [3.63, 3.8) is 0 Å². The Kier molecular flexibility index (Phi) is 4.26. The smallest absolute Gasteiger partial charge is 0.144 e. The fourth-order valence-electron chi connectivity index (χ4n) is 1.65. The highest BCUT2D eigenvalue weighted by Gasteiger charge is 2.18. The minimum atomic E-state index is -1.19. The van der Waals surface area contributed by atoms with E-state index < -0.39 is 11.0 Å². The van der Waals surface area contributed by atoms with Crippen molar-refractivity contribution >= 4 is 17.2 Å². The minimum absolute atomic E-state index is 0.303. The summed E-state index contributed by atoms with van der Waals surface area (Å²) in [4.78, 5) is 0. The number of hydrogen-bond donors (Lipinski definition) is 0. The minimum Gasteiger partial charge on any atom is -0.234 e. The summed E-state index contributed by atoms with van der Waals surface area (Å²) in [5.74, 6) is 0. The van der Waals surface area contributed by atoms with Crippen molar-refractivity contribution < 1.29 is 4.21 Å². The summed E-state index contributed by atoms with van der Waals surface area (Å²) in [6, 6.07) is 4.24. The van der Waals surface area contributed by atoms with Gasteiger partial charge in [-0.3, -0.25) is 0 Å². The van der Waals surface area contributed by atoms with Gasteiger partial charge < -0.3 is 0 Å². The topological polar surface area (TPSA) is 29.4 Å². The molecular weight excluding hydrogens is 230 g/mol. The highest BCUT2D eigenvalue weighted by atomic mass is 32.2. The van der Waals surface area contributed by atoms with Crippen molar-refractivity contribution in [3.8, 4) is 0 Å². The molecule has 0 amide bonds. The summed E-state index contributed by atoms with van der Waals surface area (Å²) in [7, 11) is -1.19.